The first-order valence-corrected chi connectivity index (χ1v) is 7.22. The first kappa shape index (κ1) is 15.5. The van der Waals surface area contributed by atoms with Crippen LogP contribution >= 0.6 is 0 Å². The second kappa shape index (κ2) is 7.25. The zero-order valence-electron chi connectivity index (χ0n) is 12.8. The second-order valence-electron chi connectivity index (χ2n) is 5.33. The molecule has 1 unspecified atom stereocenters. The van der Waals surface area contributed by atoms with E-state index < -0.39 is 6.10 Å². The van der Waals surface area contributed by atoms with Crippen molar-refractivity contribution in [2.45, 2.75) is 26.0 Å². The van der Waals surface area contributed by atoms with E-state index in [0.29, 0.717) is 6.54 Å². The van der Waals surface area contributed by atoms with Gasteiger partial charge in [-0.25, -0.2) is 0 Å². The van der Waals surface area contributed by atoms with E-state index in [-0.39, 0.29) is 6.04 Å². The van der Waals surface area contributed by atoms with Crippen LogP contribution in [-0.4, -0.2) is 18.8 Å². The maximum Gasteiger partial charge on any atom is 0.118 e. The third-order valence-electron chi connectivity index (χ3n) is 3.66. The van der Waals surface area contributed by atoms with Crippen molar-refractivity contribution in [1.82, 2.24) is 5.32 Å². The number of rotatable bonds is 6. The quantitative estimate of drug-likeness (QED) is 0.855. The number of methoxy groups -OCH3 is 1. The first-order chi connectivity index (χ1) is 10.1. The number of hydrogen-bond donors (Lipinski definition) is 2. The lowest BCUT2D eigenvalue weighted by atomic mass is 10.0. The monoisotopic (exact) mass is 285 g/mol. The zero-order valence-corrected chi connectivity index (χ0v) is 12.8. The van der Waals surface area contributed by atoms with Crippen LogP contribution in [0.25, 0.3) is 0 Å². The lowest BCUT2D eigenvalue weighted by Crippen LogP contribution is -2.24. The molecule has 2 aromatic carbocycles. The van der Waals surface area contributed by atoms with E-state index in [2.05, 4.69) is 43.4 Å². The molecule has 0 aromatic heterocycles. The molecule has 3 nitrogen and oxygen atoms in total. The van der Waals surface area contributed by atoms with Crippen molar-refractivity contribution < 1.29 is 9.84 Å². The number of aliphatic hydroxyl groups is 1. The average molecular weight is 285 g/mol. The zero-order chi connectivity index (χ0) is 15.2. The van der Waals surface area contributed by atoms with Gasteiger partial charge in [-0.15, -0.1) is 0 Å². The highest BCUT2D eigenvalue weighted by Gasteiger charge is 2.10. The summed E-state index contributed by atoms with van der Waals surface area (Å²) in [5.41, 5.74) is 3.37. The van der Waals surface area contributed by atoms with Gasteiger partial charge < -0.3 is 15.2 Å². The molecule has 2 aromatic rings. The van der Waals surface area contributed by atoms with E-state index in [9.17, 15) is 5.11 Å². The van der Waals surface area contributed by atoms with Crippen LogP contribution in [-0.2, 0) is 0 Å². The molecule has 3 heteroatoms. The Labute approximate surface area is 126 Å². The Balaban J connectivity index is 1.92. The maximum atomic E-state index is 10.2. The standard InChI is InChI=1S/C18H23NO2/c1-13-5-4-6-16(11-13)14(2)19-12-18(20)15-7-9-17(21-3)10-8-15/h4-11,14,18-20H,12H2,1-3H3/t14-,18?/m0/s1. The van der Waals surface area contributed by atoms with Crippen molar-refractivity contribution in [2.24, 2.45) is 0 Å². The highest BCUT2D eigenvalue weighted by atomic mass is 16.5. The Kier molecular flexibility index (Phi) is 5.37. The van der Waals surface area contributed by atoms with Gasteiger partial charge in [0.15, 0.2) is 0 Å². The van der Waals surface area contributed by atoms with Crippen LogP contribution < -0.4 is 10.1 Å². The predicted molar refractivity (Wildman–Crippen MR) is 85.6 cm³/mol. The number of nitrogens with one attached hydrogen (secondary N) is 1. The molecule has 2 N–H and O–H groups in total. The SMILES string of the molecule is COc1ccc(C(O)CN[C@@H](C)c2cccc(C)c2)cc1. The highest BCUT2D eigenvalue weighted by Crippen LogP contribution is 2.19. The smallest absolute Gasteiger partial charge is 0.118 e. The third kappa shape index (κ3) is 4.31. The van der Waals surface area contributed by atoms with Gasteiger partial charge in [0.1, 0.15) is 5.75 Å². The van der Waals surface area contributed by atoms with E-state index in [1.54, 1.807) is 7.11 Å². The Bertz CT molecular complexity index is 566. The molecule has 0 aliphatic carbocycles. The topological polar surface area (TPSA) is 41.5 Å². The van der Waals surface area contributed by atoms with Crippen LogP contribution in [0, 0.1) is 6.92 Å². The molecule has 0 spiro atoms. The fourth-order valence-corrected chi connectivity index (χ4v) is 2.29. The minimum atomic E-state index is -0.525. The summed E-state index contributed by atoms with van der Waals surface area (Å²) in [6.45, 7) is 4.71. The maximum absolute atomic E-state index is 10.2. The van der Waals surface area contributed by atoms with Crippen molar-refractivity contribution in [3.63, 3.8) is 0 Å². The number of benzene rings is 2. The van der Waals surface area contributed by atoms with Gasteiger partial charge in [-0.1, -0.05) is 42.0 Å². The molecular weight excluding hydrogens is 262 g/mol. The van der Waals surface area contributed by atoms with Crippen molar-refractivity contribution >= 4 is 0 Å². The van der Waals surface area contributed by atoms with Crippen molar-refractivity contribution in [3.05, 3.63) is 65.2 Å². The fraction of sp³-hybridized carbons (Fsp3) is 0.333. The van der Waals surface area contributed by atoms with E-state index in [1.165, 1.54) is 11.1 Å². The number of aliphatic hydroxyl groups excluding tert-OH is 1. The fourth-order valence-electron chi connectivity index (χ4n) is 2.29. The van der Waals surface area contributed by atoms with Crippen LogP contribution in [0.1, 0.15) is 35.8 Å². The lowest BCUT2D eigenvalue weighted by molar-refractivity contribution is 0.170. The van der Waals surface area contributed by atoms with Gasteiger partial charge in [0, 0.05) is 12.6 Å². The minimum absolute atomic E-state index is 0.206. The van der Waals surface area contributed by atoms with Gasteiger partial charge in [-0.3, -0.25) is 0 Å². The molecule has 0 saturated heterocycles. The largest absolute Gasteiger partial charge is 0.497 e. The molecule has 0 amide bonds. The normalized spacial score (nSPS) is 13.7. The summed E-state index contributed by atoms with van der Waals surface area (Å²) in [6.07, 6.45) is -0.525. The highest BCUT2D eigenvalue weighted by molar-refractivity contribution is 5.29. The van der Waals surface area contributed by atoms with Gasteiger partial charge in [-0.05, 0) is 37.1 Å². The number of ether oxygens (including phenoxy) is 1. The third-order valence-corrected chi connectivity index (χ3v) is 3.66. The van der Waals surface area contributed by atoms with Gasteiger partial charge >= 0.3 is 0 Å². The van der Waals surface area contributed by atoms with Crippen LogP contribution in [0.4, 0.5) is 0 Å². The van der Waals surface area contributed by atoms with Crippen LogP contribution in [0.2, 0.25) is 0 Å². The summed E-state index contributed by atoms with van der Waals surface area (Å²) < 4.78 is 5.12. The number of aryl methyl sites for hydroxylation is 1. The molecule has 0 aliphatic rings. The van der Waals surface area contributed by atoms with E-state index >= 15 is 0 Å². The molecular formula is C18H23NO2. The van der Waals surface area contributed by atoms with Crippen LogP contribution in [0.15, 0.2) is 48.5 Å². The van der Waals surface area contributed by atoms with Crippen molar-refractivity contribution in [3.8, 4) is 5.75 Å². The molecule has 0 saturated carbocycles. The molecule has 0 aliphatic heterocycles. The summed E-state index contributed by atoms with van der Waals surface area (Å²) in [7, 11) is 1.64. The summed E-state index contributed by atoms with van der Waals surface area (Å²) in [6, 6.07) is 16.1. The van der Waals surface area contributed by atoms with Crippen LogP contribution in [0.5, 0.6) is 5.75 Å². The Morgan fingerprint density at radius 2 is 1.81 bits per heavy atom. The molecule has 112 valence electrons. The average Bonchev–Trinajstić information content (AvgIpc) is 2.52. The summed E-state index contributed by atoms with van der Waals surface area (Å²) >= 11 is 0. The first-order valence-electron chi connectivity index (χ1n) is 7.22. The molecule has 0 fully saturated rings. The predicted octanol–water partition coefficient (Wildman–Crippen LogP) is 3.39. The van der Waals surface area contributed by atoms with E-state index in [0.717, 1.165) is 11.3 Å². The number of hydrogen-bond acceptors (Lipinski definition) is 3. The Hall–Kier alpha value is -1.84. The van der Waals surface area contributed by atoms with Crippen molar-refractivity contribution in [1.29, 1.82) is 0 Å². The molecule has 0 bridgehead atoms. The van der Waals surface area contributed by atoms with Gasteiger partial charge in [-0.2, -0.15) is 0 Å². The lowest BCUT2D eigenvalue weighted by Gasteiger charge is -2.18. The van der Waals surface area contributed by atoms with Crippen molar-refractivity contribution in [2.75, 3.05) is 13.7 Å². The summed E-state index contributed by atoms with van der Waals surface area (Å²) in [5.74, 6) is 0.798. The summed E-state index contributed by atoms with van der Waals surface area (Å²) in [5, 5.41) is 13.6. The van der Waals surface area contributed by atoms with E-state index in [1.807, 2.05) is 24.3 Å². The molecule has 0 radical (unpaired) electrons. The Morgan fingerprint density at radius 1 is 1.10 bits per heavy atom. The molecule has 2 rings (SSSR count). The molecule has 21 heavy (non-hydrogen) atoms. The van der Waals surface area contributed by atoms with Gasteiger partial charge in [0.05, 0.1) is 13.2 Å². The van der Waals surface area contributed by atoms with E-state index in [4.69, 9.17) is 4.74 Å². The molecule has 0 heterocycles. The second-order valence-corrected chi connectivity index (χ2v) is 5.33. The molecule has 2 atom stereocenters. The van der Waals surface area contributed by atoms with Gasteiger partial charge in [0.25, 0.3) is 0 Å². The van der Waals surface area contributed by atoms with Gasteiger partial charge in [0.2, 0.25) is 0 Å². The minimum Gasteiger partial charge on any atom is -0.497 e. The Morgan fingerprint density at radius 3 is 2.43 bits per heavy atom. The summed E-state index contributed by atoms with van der Waals surface area (Å²) in [4.78, 5) is 0. The van der Waals surface area contributed by atoms with Crippen LogP contribution in [0.3, 0.4) is 0 Å².